The third-order valence-electron chi connectivity index (χ3n) is 3.00. The Morgan fingerprint density at radius 3 is 2.94 bits per heavy atom. The van der Waals surface area contributed by atoms with E-state index in [2.05, 4.69) is 38.5 Å². The Morgan fingerprint density at radius 1 is 1.53 bits per heavy atom. The van der Waals surface area contributed by atoms with Gasteiger partial charge in [0, 0.05) is 6.04 Å². The monoisotopic (exact) mass is 297 g/mol. The van der Waals surface area contributed by atoms with Gasteiger partial charge in [0.1, 0.15) is 10.4 Å². The van der Waals surface area contributed by atoms with Crippen LogP contribution in [0.2, 0.25) is 0 Å². The van der Waals surface area contributed by atoms with Gasteiger partial charge in [-0.1, -0.05) is 6.07 Å². The van der Waals surface area contributed by atoms with Crippen molar-refractivity contribution >= 4 is 27.7 Å². The number of carbonyl (C=O) groups excluding carboxylic acids is 1. The summed E-state index contributed by atoms with van der Waals surface area (Å²) >= 11 is 3.30. The van der Waals surface area contributed by atoms with Crippen molar-refractivity contribution in [3.8, 4) is 0 Å². The van der Waals surface area contributed by atoms with Crippen molar-refractivity contribution in [1.82, 2.24) is 10.3 Å². The minimum atomic E-state index is -0.0924. The third-order valence-corrected chi connectivity index (χ3v) is 3.44. The molecule has 1 fully saturated rings. The SMILES string of the molecule is Cc1ccc(Br)nc1NC(=O)C1CCC(C)N1. The Kier molecular flexibility index (Phi) is 3.79. The molecule has 2 rings (SSSR count). The van der Waals surface area contributed by atoms with Gasteiger partial charge in [0.2, 0.25) is 5.91 Å². The number of pyridine rings is 1. The minimum Gasteiger partial charge on any atom is -0.309 e. The number of carbonyl (C=O) groups is 1. The summed E-state index contributed by atoms with van der Waals surface area (Å²) in [6.45, 7) is 4.02. The molecule has 1 aliphatic heterocycles. The zero-order valence-corrected chi connectivity index (χ0v) is 11.5. The maximum absolute atomic E-state index is 12.0. The van der Waals surface area contributed by atoms with Gasteiger partial charge in [0.25, 0.3) is 0 Å². The molecule has 1 aliphatic rings. The molecule has 2 unspecified atom stereocenters. The van der Waals surface area contributed by atoms with Crippen molar-refractivity contribution < 1.29 is 4.79 Å². The van der Waals surface area contributed by atoms with Gasteiger partial charge in [-0.2, -0.15) is 0 Å². The number of aromatic nitrogens is 1. The van der Waals surface area contributed by atoms with Crippen LogP contribution in [0.4, 0.5) is 5.82 Å². The average Bonchev–Trinajstić information content (AvgIpc) is 2.70. The minimum absolute atomic E-state index is 0.00282. The molecule has 1 saturated heterocycles. The van der Waals surface area contributed by atoms with Crippen LogP contribution in [0, 0.1) is 6.92 Å². The number of amides is 1. The second-order valence-electron chi connectivity index (χ2n) is 4.49. The first-order valence-electron chi connectivity index (χ1n) is 5.76. The van der Waals surface area contributed by atoms with Crippen LogP contribution >= 0.6 is 15.9 Å². The molecule has 0 radical (unpaired) electrons. The molecule has 17 heavy (non-hydrogen) atoms. The fraction of sp³-hybridized carbons (Fsp3) is 0.500. The lowest BCUT2D eigenvalue weighted by Crippen LogP contribution is -2.38. The van der Waals surface area contributed by atoms with Gasteiger partial charge in [0.05, 0.1) is 6.04 Å². The van der Waals surface area contributed by atoms with Gasteiger partial charge >= 0.3 is 0 Å². The topological polar surface area (TPSA) is 54.0 Å². The van der Waals surface area contributed by atoms with Crippen molar-refractivity contribution in [3.63, 3.8) is 0 Å². The fourth-order valence-electron chi connectivity index (χ4n) is 1.97. The van der Waals surface area contributed by atoms with Crippen LogP contribution < -0.4 is 10.6 Å². The molecule has 0 aromatic carbocycles. The fourth-order valence-corrected chi connectivity index (χ4v) is 2.28. The van der Waals surface area contributed by atoms with Crippen molar-refractivity contribution in [2.75, 3.05) is 5.32 Å². The average molecular weight is 298 g/mol. The second-order valence-corrected chi connectivity index (χ2v) is 5.30. The Morgan fingerprint density at radius 2 is 2.29 bits per heavy atom. The summed E-state index contributed by atoms with van der Waals surface area (Å²) in [6, 6.07) is 4.12. The lowest BCUT2D eigenvalue weighted by Gasteiger charge is -2.13. The van der Waals surface area contributed by atoms with Gasteiger partial charge in [-0.25, -0.2) is 4.98 Å². The number of hydrogen-bond donors (Lipinski definition) is 2. The molecule has 1 amide bonds. The van der Waals surface area contributed by atoms with Crippen LogP contribution in [0.1, 0.15) is 25.3 Å². The first-order chi connectivity index (χ1) is 8.06. The van der Waals surface area contributed by atoms with Crippen molar-refractivity contribution in [1.29, 1.82) is 0 Å². The second kappa shape index (κ2) is 5.14. The van der Waals surface area contributed by atoms with Crippen molar-refractivity contribution in [3.05, 3.63) is 22.3 Å². The van der Waals surface area contributed by atoms with E-state index in [-0.39, 0.29) is 11.9 Å². The summed E-state index contributed by atoms with van der Waals surface area (Å²) in [5.41, 5.74) is 0.965. The van der Waals surface area contributed by atoms with E-state index < -0.39 is 0 Å². The molecule has 4 nitrogen and oxygen atoms in total. The molecule has 1 aromatic rings. The van der Waals surface area contributed by atoms with Crippen LogP contribution in [-0.4, -0.2) is 23.0 Å². The highest BCUT2D eigenvalue weighted by Gasteiger charge is 2.26. The summed E-state index contributed by atoms with van der Waals surface area (Å²) in [6.07, 6.45) is 1.93. The van der Waals surface area contributed by atoms with Gasteiger partial charge in [-0.15, -0.1) is 0 Å². The van der Waals surface area contributed by atoms with Gasteiger partial charge in [-0.05, 0) is 54.2 Å². The van der Waals surface area contributed by atoms with E-state index in [4.69, 9.17) is 0 Å². The summed E-state index contributed by atoms with van der Waals surface area (Å²) in [7, 11) is 0. The van der Waals surface area contributed by atoms with Crippen LogP contribution in [-0.2, 0) is 4.79 Å². The summed E-state index contributed by atoms with van der Waals surface area (Å²) in [4.78, 5) is 16.3. The van der Waals surface area contributed by atoms with Gasteiger partial charge < -0.3 is 10.6 Å². The van der Waals surface area contributed by atoms with E-state index in [0.717, 1.165) is 23.0 Å². The first kappa shape index (κ1) is 12.5. The number of halogens is 1. The zero-order valence-electron chi connectivity index (χ0n) is 9.96. The van der Waals surface area contributed by atoms with E-state index in [1.54, 1.807) is 0 Å². The molecule has 0 spiro atoms. The number of rotatable bonds is 2. The lowest BCUT2D eigenvalue weighted by atomic mass is 10.2. The quantitative estimate of drug-likeness (QED) is 0.823. The Balaban J connectivity index is 2.05. The predicted octanol–water partition coefficient (Wildman–Crippen LogP) is 2.23. The molecular weight excluding hydrogens is 282 g/mol. The standard InChI is InChI=1S/C12H16BrN3O/c1-7-3-6-10(13)15-11(7)16-12(17)9-5-4-8(2)14-9/h3,6,8-9,14H,4-5H2,1-2H3,(H,15,16,17). The summed E-state index contributed by atoms with van der Waals surface area (Å²) < 4.78 is 0.728. The van der Waals surface area contributed by atoms with Crippen LogP contribution in [0.15, 0.2) is 16.7 Å². The summed E-state index contributed by atoms with van der Waals surface area (Å²) in [5, 5.41) is 6.13. The zero-order chi connectivity index (χ0) is 12.4. The largest absolute Gasteiger partial charge is 0.309 e. The molecule has 0 saturated carbocycles. The lowest BCUT2D eigenvalue weighted by molar-refractivity contribution is -0.117. The van der Waals surface area contributed by atoms with Crippen LogP contribution in [0.25, 0.3) is 0 Å². The molecular formula is C12H16BrN3O. The van der Waals surface area contributed by atoms with Crippen LogP contribution in [0.5, 0.6) is 0 Å². The highest BCUT2D eigenvalue weighted by molar-refractivity contribution is 9.10. The predicted molar refractivity (Wildman–Crippen MR) is 70.9 cm³/mol. The van der Waals surface area contributed by atoms with Gasteiger partial charge in [0.15, 0.2) is 0 Å². The normalized spacial score (nSPS) is 23.7. The maximum atomic E-state index is 12.0. The number of nitrogens with one attached hydrogen (secondary N) is 2. The Bertz CT molecular complexity index is 436. The molecule has 2 N–H and O–H groups in total. The van der Waals surface area contributed by atoms with Crippen LogP contribution in [0.3, 0.4) is 0 Å². The molecule has 0 bridgehead atoms. The third kappa shape index (κ3) is 3.04. The Labute approximate surface area is 109 Å². The van der Waals surface area contributed by atoms with Crippen molar-refractivity contribution in [2.45, 2.75) is 38.8 Å². The van der Waals surface area contributed by atoms with E-state index in [1.165, 1.54) is 0 Å². The van der Waals surface area contributed by atoms with E-state index in [1.807, 2.05) is 19.1 Å². The van der Waals surface area contributed by atoms with Gasteiger partial charge in [-0.3, -0.25) is 4.79 Å². The van der Waals surface area contributed by atoms with Crippen molar-refractivity contribution in [2.24, 2.45) is 0 Å². The van der Waals surface area contributed by atoms with E-state index in [9.17, 15) is 4.79 Å². The smallest absolute Gasteiger partial charge is 0.242 e. The highest BCUT2D eigenvalue weighted by Crippen LogP contribution is 2.18. The molecule has 5 heteroatoms. The molecule has 92 valence electrons. The number of anilines is 1. The molecule has 2 atom stereocenters. The molecule has 2 heterocycles. The first-order valence-corrected chi connectivity index (χ1v) is 6.55. The maximum Gasteiger partial charge on any atom is 0.242 e. The number of nitrogens with zero attached hydrogens (tertiary/aromatic N) is 1. The molecule has 1 aromatic heterocycles. The Hall–Kier alpha value is -0.940. The van der Waals surface area contributed by atoms with E-state index in [0.29, 0.717) is 11.9 Å². The highest BCUT2D eigenvalue weighted by atomic mass is 79.9. The molecule has 0 aliphatic carbocycles. The summed E-state index contributed by atoms with van der Waals surface area (Å²) in [5.74, 6) is 0.633. The van der Waals surface area contributed by atoms with E-state index >= 15 is 0 Å². The number of aryl methyl sites for hydroxylation is 1. The number of hydrogen-bond acceptors (Lipinski definition) is 3.